The average Bonchev–Trinajstić information content (AvgIpc) is 2.45. The maximum Gasteiger partial charge on any atom is 0.220 e. The predicted octanol–water partition coefficient (Wildman–Crippen LogP) is 0.236. The molecule has 3 N–H and O–H groups in total. The molecule has 1 aliphatic heterocycles. The van der Waals surface area contributed by atoms with E-state index in [1.807, 2.05) is 30.3 Å². The predicted molar refractivity (Wildman–Crippen MR) is 74.0 cm³/mol. The first-order valence-corrected chi connectivity index (χ1v) is 7.06. The molecular weight excluding hydrogens is 240 g/mol. The van der Waals surface area contributed by atoms with Crippen LogP contribution in [0, 0.1) is 5.92 Å². The van der Waals surface area contributed by atoms with Gasteiger partial charge in [-0.25, -0.2) is 0 Å². The maximum atomic E-state index is 11.1. The number of nitrogens with one attached hydrogen (secondary N) is 1. The fraction of sp³-hybridized carbons (Fsp3) is 0.533. The van der Waals surface area contributed by atoms with Crippen LogP contribution in [-0.4, -0.2) is 32.1 Å². The van der Waals surface area contributed by atoms with Crippen LogP contribution < -0.4 is 15.4 Å². The molecule has 0 bridgehead atoms. The lowest BCUT2D eigenvalue weighted by atomic mass is 9.96. The van der Waals surface area contributed by atoms with E-state index in [1.54, 1.807) is 4.90 Å². The molecule has 4 heteroatoms. The van der Waals surface area contributed by atoms with E-state index < -0.39 is 0 Å². The molecule has 1 saturated heterocycles. The number of ether oxygens (including phenoxy) is 1. The normalized spacial score (nSPS) is 22.9. The van der Waals surface area contributed by atoms with Crippen LogP contribution in [0.15, 0.2) is 30.3 Å². The molecule has 0 saturated carbocycles. The fourth-order valence-electron chi connectivity index (χ4n) is 2.59. The molecule has 0 radical (unpaired) electrons. The zero-order chi connectivity index (χ0) is 13.5. The second-order valence-electron chi connectivity index (χ2n) is 5.19. The SMILES string of the molecule is NC(=O)C1CC[NH+](CCCOc2ccccc2)CC1. The first kappa shape index (κ1) is 13.9. The molecule has 2 rings (SSSR count). The highest BCUT2D eigenvalue weighted by Crippen LogP contribution is 2.09. The second-order valence-corrected chi connectivity index (χ2v) is 5.19. The van der Waals surface area contributed by atoms with Crippen molar-refractivity contribution >= 4 is 5.91 Å². The van der Waals surface area contributed by atoms with Crippen molar-refractivity contribution in [1.29, 1.82) is 0 Å². The fourth-order valence-corrected chi connectivity index (χ4v) is 2.59. The van der Waals surface area contributed by atoms with Crippen molar-refractivity contribution < 1.29 is 14.4 Å². The quantitative estimate of drug-likeness (QED) is 0.722. The molecular formula is C15H23N2O2+. The number of carbonyl (C=O) groups excluding carboxylic acids is 1. The zero-order valence-corrected chi connectivity index (χ0v) is 11.3. The van der Waals surface area contributed by atoms with Gasteiger partial charge in [-0.05, 0) is 12.1 Å². The summed E-state index contributed by atoms with van der Waals surface area (Å²) >= 11 is 0. The topological polar surface area (TPSA) is 56.8 Å². The largest absolute Gasteiger partial charge is 0.493 e. The van der Waals surface area contributed by atoms with Crippen LogP contribution in [-0.2, 0) is 4.79 Å². The van der Waals surface area contributed by atoms with Crippen molar-refractivity contribution in [3.8, 4) is 5.75 Å². The smallest absolute Gasteiger partial charge is 0.220 e. The van der Waals surface area contributed by atoms with E-state index in [4.69, 9.17) is 10.5 Å². The Morgan fingerprint density at radius 2 is 1.95 bits per heavy atom. The highest BCUT2D eigenvalue weighted by molar-refractivity contribution is 5.76. The van der Waals surface area contributed by atoms with Gasteiger partial charge in [0.25, 0.3) is 0 Å². The number of piperidine rings is 1. The number of para-hydroxylation sites is 1. The molecule has 0 atom stereocenters. The van der Waals surface area contributed by atoms with Gasteiger partial charge in [0.05, 0.1) is 26.2 Å². The van der Waals surface area contributed by atoms with Gasteiger partial charge in [0.1, 0.15) is 5.75 Å². The Labute approximate surface area is 114 Å². The minimum absolute atomic E-state index is 0.101. The Hall–Kier alpha value is -1.55. The molecule has 1 heterocycles. The minimum atomic E-state index is -0.133. The monoisotopic (exact) mass is 263 g/mol. The Morgan fingerprint density at radius 1 is 1.26 bits per heavy atom. The van der Waals surface area contributed by atoms with Gasteiger partial charge in [0.15, 0.2) is 0 Å². The van der Waals surface area contributed by atoms with E-state index in [-0.39, 0.29) is 11.8 Å². The third-order valence-electron chi connectivity index (χ3n) is 3.78. The van der Waals surface area contributed by atoms with E-state index in [0.29, 0.717) is 0 Å². The number of nitrogens with two attached hydrogens (primary N) is 1. The lowest BCUT2D eigenvalue weighted by Crippen LogP contribution is -3.13. The molecule has 1 aromatic rings. The Bertz CT molecular complexity index is 386. The molecule has 1 aliphatic rings. The van der Waals surface area contributed by atoms with Gasteiger partial charge in [-0.3, -0.25) is 4.79 Å². The summed E-state index contributed by atoms with van der Waals surface area (Å²) in [5.74, 6) is 0.903. The van der Waals surface area contributed by atoms with Crippen LogP contribution in [0.25, 0.3) is 0 Å². The zero-order valence-electron chi connectivity index (χ0n) is 11.3. The highest BCUT2D eigenvalue weighted by Gasteiger charge is 2.25. The van der Waals surface area contributed by atoms with Gasteiger partial charge in [-0.15, -0.1) is 0 Å². The minimum Gasteiger partial charge on any atom is -0.493 e. The van der Waals surface area contributed by atoms with Gasteiger partial charge in [-0.1, -0.05) is 18.2 Å². The Morgan fingerprint density at radius 3 is 2.58 bits per heavy atom. The molecule has 1 amide bonds. The van der Waals surface area contributed by atoms with Gasteiger partial charge < -0.3 is 15.4 Å². The molecule has 1 fully saturated rings. The summed E-state index contributed by atoms with van der Waals surface area (Å²) in [5.41, 5.74) is 5.33. The molecule has 1 aromatic carbocycles. The number of quaternary nitrogens is 1. The van der Waals surface area contributed by atoms with Crippen LogP contribution in [0.2, 0.25) is 0 Å². The van der Waals surface area contributed by atoms with Crippen LogP contribution in [0.3, 0.4) is 0 Å². The summed E-state index contributed by atoms with van der Waals surface area (Å²) in [6.45, 7) is 3.98. The number of likely N-dealkylation sites (tertiary alicyclic amines) is 1. The van der Waals surface area contributed by atoms with Crippen molar-refractivity contribution in [2.45, 2.75) is 19.3 Å². The van der Waals surface area contributed by atoms with Crippen molar-refractivity contribution in [2.75, 3.05) is 26.2 Å². The van der Waals surface area contributed by atoms with Crippen LogP contribution in [0.1, 0.15) is 19.3 Å². The first-order valence-electron chi connectivity index (χ1n) is 7.06. The number of carbonyl (C=O) groups is 1. The summed E-state index contributed by atoms with van der Waals surface area (Å²) in [5, 5.41) is 0. The summed E-state index contributed by atoms with van der Waals surface area (Å²) in [7, 11) is 0. The molecule has 104 valence electrons. The number of benzene rings is 1. The standard InChI is InChI=1S/C15H22N2O2/c16-15(18)13-7-10-17(11-8-13)9-4-12-19-14-5-2-1-3-6-14/h1-3,5-6,13H,4,7-12H2,(H2,16,18)/p+1. The second kappa shape index (κ2) is 7.14. The molecule has 0 unspecified atom stereocenters. The third-order valence-corrected chi connectivity index (χ3v) is 3.78. The van der Waals surface area contributed by atoms with E-state index >= 15 is 0 Å². The number of hydrogen-bond donors (Lipinski definition) is 2. The van der Waals surface area contributed by atoms with Crippen LogP contribution in [0.5, 0.6) is 5.75 Å². The summed E-state index contributed by atoms with van der Waals surface area (Å²) in [4.78, 5) is 12.6. The van der Waals surface area contributed by atoms with Crippen molar-refractivity contribution in [3.63, 3.8) is 0 Å². The lowest BCUT2D eigenvalue weighted by molar-refractivity contribution is -0.906. The lowest BCUT2D eigenvalue weighted by Gasteiger charge is -2.27. The van der Waals surface area contributed by atoms with Crippen molar-refractivity contribution in [1.82, 2.24) is 0 Å². The molecule has 0 aliphatic carbocycles. The molecule has 0 spiro atoms. The number of rotatable bonds is 6. The highest BCUT2D eigenvalue weighted by atomic mass is 16.5. The molecule has 4 nitrogen and oxygen atoms in total. The van der Waals surface area contributed by atoms with E-state index in [0.717, 1.165) is 51.3 Å². The van der Waals surface area contributed by atoms with Crippen LogP contribution in [0.4, 0.5) is 0 Å². The number of hydrogen-bond acceptors (Lipinski definition) is 2. The van der Waals surface area contributed by atoms with Gasteiger partial charge in [0, 0.05) is 25.2 Å². The van der Waals surface area contributed by atoms with Gasteiger partial charge in [-0.2, -0.15) is 0 Å². The average molecular weight is 263 g/mol. The summed E-state index contributed by atoms with van der Waals surface area (Å²) in [6.07, 6.45) is 2.92. The summed E-state index contributed by atoms with van der Waals surface area (Å²) in [6, 6.07) is 9.90. The van der Waals surface area contributed by atoms with E-state index in [1.165, 1.54) is 0 Å². The van der Waals surface area contributed by atoms with Crippen molar-refractivity contribution in [2.24, 2.45) is 11.7 Å². The Balaban J connectivity index is 1.58. The Kier molecular flexibility index (Phi) is 5.21. The van der Waals surface area contributed by atoms with Gasteiger partial charge >= 0.3 is 0 Å². The van der Waals surface area contributed by atoms with Crippen molar-refractivity contribution in [3.05, 3.63) is 30.3 Å². The van der Waals surface area contributed by atoms with E-state index in [2.05, 4.69) is 0 Å². The summed E-state index contributed by atoms with van der Waals surface area (Å²) < 4.78 is 5.67. The number of primary amides is 1. The third kappa shape index (κ3) is 4.56. The van der Waals surface area contributed by atoms with Gasteiger partial charge in [0.2, 0.25) is 5.91 Å². The van der Waals surface area contributed by atoms with E-state index in [9.17, 15) is 4.79 Å². The first-order chi connectivity index (χ1) is 9.25. The maximum absolute atomic E-state index is 11.1. The molecule has 0 aromatic heterocycles. The number of amides is 1. The van der Waals surface area contributed by atoms with Crippen LogP contribution >= 0.6 is 0 Å². The molecule has 19 heavy (non-hydrogen) atoms.